The molecule has 1 aliphatic rings. The number of ether oxygens (including phenoxy) is 2. The van der Waals surface area contributed by atoms with Crippen LogP contribution in [0.5, 0.6) is 0 Å². The molecule has 204 valence electrons. The average molecular weight is 527 g/mol. The first-order chi connectivity index (χ1) is 17.7. The van der Waals surface area contributed by atoms with Gasteiger partial charge in [0.25, 0.3) is 8.32 Å². The largest absolute Gasteiger partial charge is 0.444 e. The summed E-state index contributed by atoms with van der Waals surface area (Å²) in [7, 11) is -2.53. The van der Waals surface area contributed by atoms with Gasteiger partial charge in [-0.25, -0.2) is 4.79 Å². The third-order valence-corrected chi connectivity index (χ3v) is 12.0. The van der Waals surface area contributed by atoms with Crippen molar-refractivity contribution in [3.63, 3.8) is 0 Å². The Bertz CT molecular complexity index is 970. The van der Waals surface area contributed by atoms with Crippen molar-refractivity contribution in [3.05, 3.63) is 60.7 Å². The van der Waals surface area contributed by atoms with Gasteiger partial charge < -0.3 is 19.2 Å². The van der Waals surface area contributed by atoms with E-state index in [1.807, 2.05) is 0 Å². The molecule has 3 rings (SSSR count). The zero-order valence-corrected chi connectivity index (χ0v) is 24.8. The standard InChI is InChI=1S/C31H47NO4Si/c1-24(32-29(33)36-30(2,3)4)22-34-26-20-18-25(19-21-26)23-35-37(31(5,6)7,27-14-10-8-11-15-27)28-16-12-9-13-17-28/h8-17,24-26H,18-23H2,1-7H3,(H,32,33)/i24D. The van der Waals surface area contributed by atoms with Crippen molar-refractivity contribution in [2.24, 2.45) is 5.92 Å². The quantitative estimate of drug-likeness (QED) is 0.404. The second-order valence-electron chi connectivity index (χ2n) is 12.3. The van der Waals surface area contributed by atoms with Crippen LogP contribution in [0.15, 0.2) is 60.7 Å². The third-order valence-electron chi connectivity index (χ3n) is 7.00. The Labute approximate surface area is 226 Å². The van der Waals surface area contributed by atoms with Crippen molar-refractivity contribution < 1.29 is 20.1 Å². The molecule has 6 heteroatoms. The number of hydrogen-bond acceptors (Lipinski definition) is 4. The van der Waals surface area contributed by atoms with Crippen LogP contribution >= 0.6 is 0 Å². The van der Waals surface area contributed by atoms with E-state index >= 15 is 0 Å². The molecule has 5 nitrogen and oxygen atoms in total. The van der Waals surface area contributed by atoms with E-state index in [0.717, 1.165) is 32.3 Å². The molecule has 0 heterocycles. The highest BCUT2D eigenvalue weighted by atomic mass is 28.4. The Kier molecular flexibility index (Phi) is 9.49. The van der Waals surface area contributed by atoms with Gasteiger partial charge >= 0.3 is 6.09 Å². The van der Waals surface area contributed by atoms with Gasteiger partial charge in [0, 0.05) is 6.61 Å². The second-order valence-corrected chi connectivity index (χ2v) is 16.6. The summed E-state index contributed by atoms with van der Waals surface area (Å²) in [6.45, 7) is 14.9. The third kappa shape index (κ3) is 8.16. The second kappa shape index (κ2) is 12.6. The normalized spacial score (nSPS) is 21.0. The highest BCUT2D eigenvalue weighted by Gasteiger charge is 2.50. The van der Waals surface area contributed by atoms with Gasteiger partial charge in [0.1, 0.15) is 5.60 Å². The molecular formula is C31H47NO4Si. The Balaban J connectivity index is 1.60. The van der Waals surface area contributed by atoms with E-state index in [1.54, 1.807) is 27.7 Å². The molecule has 0 aromatic heterocycles. The minimum atomic E-state index is -2.53. The summed E-state index contributed by atoms with van der Waals surface area (Å²) in [6, 6.07) is 20.3. The summed E-state index contributed by atoms with van der Waals surface area (Å²) >= 11 is 0. The topological polar surface area (TPSA) is 56.8 Å². The predicted molar refractivity (Wildman–Crippen MR) is 154 cm³/mol. The number of amides is 1. The molecular weight excluding hydrogens is 478 g/mol. The van der Waals surface area contributed by atoms with E-state index in [4.69, 9.17) is 15.3 Å². The van der Waals surface area contributed by atoms with Crippen LogP contribution in [-0.4, -0.2) is 45.3 Å². The predicted octanol–water partition coefficient (Wildman–Crippen LogP) is 6.05. The van der Waals surface area contributed by atoms with Gasteiger partial charge in [0.2, 0.25) is 0 Å². The Morgan fingerprint density at radius 3 is 1.92 bits per heavy atom. The Morgan fingerprint density at radius 2 is 1.46 bits per heavy atom. The summed E-state index contributed by atoms with van der Waals surface area (Å²) in [5.41, 5.74) is -0.601. The number of rotatable bonds is 9. The smallest absolute Gasteiger partial charge is 0.407 e. The van der Waals surface area contributed by atoms with Gasteiger partial charge in [0.05, 0.1) is 20.1 Å². The van der Waals surface area contributed by atoms with Crippen molar-refractivity contribution >= 4 is 24.8 Å². The summed E-state index contributed by atoms with van der Waals surface area (Å²) in [4.78, 5) is 12.1. The fourth-order valence-corrected chi connectivity index (χ4v) is 9.87. The minimum Gasteiger partial charge on any atom is -0.444 e. The maximum absolute atomic E-state index is 12.1. The van der Waals surface area contributed by atoms with Crippen molar-refractivity contribution in [3.8, 4) is 0 Å². The van der Waals surface area contributed by atoms with Crippen molar-refractivity contribution in [1.82, 2.24) is 5.32 Å². The SMILES string of the molecule is [2H]C(C)(COC1CCC(CO[Si](c2ccccc2)(c2ccccc2)C(C)(C)C)CC1)NC(=O)OC(C)(C)C. The van der Waals surface area contributed by atoms with Crippen LogP contribution in [0.2, 0.25) is 5.04 Å². The summed E-state index contributed by atoms with van der Waals surface area (Å²) < 4.78 is 26.9. The molecule has 1 amide bonds. The maximum atomic E-state index is 12.1. The number of alkyl carbamates (subject to hydrolysis) is 1. The van der Waals surface area contributed by atoms with Crippen LogP contribution in [0.3, 0.4) is 0 Å². The molecule has 0 bridgehead atoms. The van der Waals surface area contributed by atoms with Crippen molar-refractivity contribution in [2.45, 2.75) is 96.9 Å². The maximum Gasteiger partial charge on any atom is 0.407 e. The molecule has 37 heavy (non-hydrogen) atoms. The average Bonchev–Trinajstić information content (AvgIpc) is 2.83. The van der Waals surface area contributed by atoms with Gasteiger partial charge in [0.15, 0.2) is 0 Å². The monoisotopic (exact) mass is 526 g/mol. The summed E-state index contributed by atoms with van der Waals surface area (Å²) in [6.07, 6.45) is 3.40. The lowest BCUT2D eigenvalue weighted by Gasteiger charge is -2.44. The zero-order valence-electron chi connectivity index (χ0n) is 24.8. The lowest BCUT2D eigenvalue weighted by Crippen LogP contribution is -2.67. The molecule has 1 atom stereocenters. The Hall–Kier alpha value is -2.15. The van der Waals surface area contributed by atoms with E-state index in [0.29, 0.717) is 5.92 Å². The minimum absolute atomic E-state index is 0.0320. The molecule has 2 aromatic rings. The first-order valence-corrected chi connectivity index (χ1v) is 15.5. The van der Waals surface area contributed by atoms with Gasteiger partial charge in [-0.15, -0.1) is 0 Å². The molecule has 0 saturated heterocycles. The van der Waals surface area contributed by atoms with E-state index in [-0.39, 0.29) is 17.7 Å². The Morgan fingerprint density at radius 1 is 0.946 bits per heavy atom. The fourth-order valence-electron chi connectivity index (χ4n) is 5.23. The number of hydrogen-bond donors (Lipinski definition) is 1. The van der Waals surface area contributed by atoms with Gasteiger partial charge in [-0.2, -0.15) is 0 Å². The van der Waals surface area contributed by atoms with Crippen LogP contribution in [0, 0.1) is 5.92 Å². The number of benzene rings is 2. The van der Waals surface area contributed by atoms with Crippen LogP contribution < -0.4 is 15.7 Å². The molecule has 2 aromatic carbocycles. The molecule has 0 spiro atoms. The van der Waals surface area contributed by atoms with Crippen LogP contribution in [0.25, 0.3) is 0 Å². The highest BCUT2D eigenvalue weighted by Crippen LogP contribution is 2.38. The van der Waals surface area contributed by atoms with Crippen LogP contribution in [0.1, 0.15) is 75.5 Å². The molecule has 0 radical (unpaired) electrons. The molecule has 1 fully saturated rings. The van der Waals surface area contributed by atoms with E-state index in [9.17, 15) is 4.79 Å². The molecule has 0 aliphatic heterocycles. The number of nitrogens with one attached hydrogen (secondary N) is 1. The zero-order chi connectivity index (χ0) is 28.0. The first kappa shape index (κ1) is 27.9. The van der Waals surface area contributed by atoms with Gasteiger partial charge in [-0.1, -0.05) is 81.4 Å². The molecule has 1 aliphatic carbocycles. The molecule has 1 N–H and O–H groups in total. The van der Waals surface area contributed by atoms with Gasteiger partial charge in [-0.3, -0.25) is 0 Å². The number of carbonyl (C=O) groups is 1. The van der Waals surface area contributed by atoms with Crippen molar-refractivity contribution in [2.75, 3.05) is 13.2 Å². The van der Waals surface area contributed by atoms with Crippen LogP contribution in [-0.2, 0) is 13.9 Å². The summed E-state index contributed by atoms with van der Waals surface area (Å²) in [5.74, 6) is 0.471. The molecule has 1 saturated carbocycles. The number of carbonyl (C=O) groups excluding carboxylic acids is 1. The van der Waals surface area contributed by atoms with E-state index < -0.39 is 26.0 Å². The lowest BCUT2D eigenvalue weighted by molar-refractivity contribution is 0.000317. The first-order valence-electron chi connectivity index (χ1n) is 14.1. The van der Waals surface area contributed by atoms with E-state index in [1.165, 1.54) is 10.4 Å². The highest BCUT2D eigenvalue weighted by molar-refractivity contribution is 6.99. The van der Waals surface area contributed by atoms with Crippen molar-refractivity contribution in [1.29, 1.82) is 0 Å². The molecule has 1 unspecified atom stereocenters. The van der Waals surface area contributed by atoms with Gasteiger partial charge in [-0.05, 0) is 74.7 Å². The lowest BCUT2D eigenvalue weighted by atomic mass is 9.88. The fraction of sp³-hybridized carbons (Fsp3) is 0.581. The summed E-state index contributed by atoms with van der Waals surface area (Å²) in [5, 5.41) is 5.19. The van der Waals surface area contributed by atoms with Crippen LogP contribution in [0.4, 0.5) is 4.79 Å². The van der Waals surface area contributed by atoms with E-state index in [2.05, 4.69) is 86.8 Å².